The summed E-state index contributed by atoms with van der Waals surface area (Å²) in [5.41, 5.74) is 1.05. The van der Waals surface area contributed by atoms with E-state index in [1.807, 2.05) is 6.07 Å². The van der Waals surface area contributed by atoms with Crippen LogP contribution in [0.1, 0.15) is 57.1 Å². The summed E-state index contributed by atoms with van der Waals surface area (Å²) in [6.07, 6.45) is 7.88. The van der Waals surface area contributed by atoms with Crippen molar-refractivity contribution in [1.29, 1.82) is 0 Å². The van der Waals surface area contributed by atoms with Gasteiger partial charge in [0.25, 0.3) is 0 Å². The van der Waals surface area contributed by atoms with Crippen LogP contribution in [0.15, 0.2) is 24.3 Å². The average molecular weight is 290 g/mol. The highest BCUT2D eigenvalue weighted by Gasteiger charge is 2.33. The lowest BCUT2D eigenvalue weighted by molar-refractivity contribution is 0.203. The van der Waals surface area contributed by atoms with Crippen molar-refractivity contribution in [1.82, 2.24) is 10.6 Å². The normalized spacial score (nSPS) is 31.2. The second-order valence-electron chi connectivity index (χ2n) is 6.70. The Morgan fingerprint density at radius 3 is 2.81 bits per heavy atom. The molecule has 2 fully saturated rings. The molecule has 4 atom stereocenters. The molecule has 2 N–H and O–H groups in total. The van der Waals surface area contributed by atoms with E-state index in [4.69, 9.17) is 0 Å². The minimum atomic E-state index is -0.140. The Balaban J connectivity index is 1.66. The van der Waals surface area contributed by atoms with E-state index in [9.17, 15) is 4.39 Å². The maximum Gasteiger partial charge on any atom is 0.123 e. The van der Waals surface area contributed by atoms with Crippen molar-refractivity contribution in [2.24, 2.45) is 5.92 Å². The van der Waals surface area contributed by atoms with E-state index in [1.54, 1.807) is 12.1 Å². The van der Waals surface area contributed by atoms with Gasteiger partial charge < -0.3 is 10.6 Å². The van der Waals surface area contributed by atoms with Crippen molar-refractivity contribution >= 4 is 0 Å². The summed E-state index contributed by atoms with van der Waals surface area (Å²) in [6, 6.07) is 8.46. The lowest BCUT2D eigenvalue weighted by Gasteiger charge is -2.38. The van der Waals surface area contributed by atoms with Gasteiger partial charge in [-0.1, -0.05) is 25.0 Å². The maximum atomic E-state index is 13.4. The Labute approximate surface area is 127 Å². The zero-order chi connectivity index (χ0) is 14.7. The van der Waals surface area contributed by atoms with E-state index >= 15 is 0 Å². The highest BCUT2D eigenvalue weighted by molar-refractivity contribution is 5.19. The fourth-order valence-electron chi connectivity index (χ4n) is 4.12. The van der Waals surface area contributed by atoms with Crippen molar-refractivity contribution in [2.45, 2.75) is 63.6 Å². The zero-order valence-corrected chi connectivity index (χ0v) is 12.9. The van der Waals surface area contributed by atoms with Crippen LogP contribution in [0.25, 0.3) is 0 Å². The second kappa shape index (κ2) is 6.89. The summed E-state index contributed by atoms with van der Waals surface area (Å²) in [5.74, 6) is 0.594. The Kier molecular flexibility index (Phi) is 4.91. The van der Waals surface area contributed by atoms with Gasteiger partial charge in [-0.3, -0.25) is 0 Å². The number of hydrogen-bond donors (Lipinski definition) is 2. The first-order chi connectivity index (χ1) is 10.2. The molecule has 1 aliphatic heterocycles. The van der Waals surface area contributed by atoms with Crippen LogP contribution in [0.3, 0.4) is 0 Å². The van der Waals surface area contributed by atoms with Gasteiger partial charge in [-0.25, -0.2) is 4.39 Å². The van der Waals surface area contributed by atoms with Crippen molar-refractivity contribution in [2.75, 3.05) is 6.54 Å². The van der Waals surface area contributed by atoms with Gasteiger partial charge in [-0.05, 0) is 62.8 Å². The lowest BCUT2D eigenvalue weighted by Crippen LogP contribution is -2.47. The first-order valence-corrected chi connectivity index (χ1v) is 8.49. The van der Waals surface area contributed by atoms with Gasteiger partial charge in [0, 0.05) is 18.1 Å². The molecule has 3 rings (SSSR count). The summed E-state index contributed by atoms with van der Waals surface area (Å²) >= 11 is 0. The fraction of sp³-hybridized carbons (Fsp3) is 0.667. The van der Waals surface area contributed by atoms with Crippen LogP contribution < -0.4 is 10.6 Å². The molecule has 2 nitrogen and oxygen atoms in total. The van der Waals surface area contributed by atoms with Crippen LogP contribution in [0.4, 0.5) is 4.39 Å². The predicted octanol–water partition coefficient (Wildman–Crippen LogP) is 3.79. The zero-order valence-electron chi connectivity index (χ0n) is 12.9. The van der Waals surface area contributed by atoms with Crippen LogP contribution >= 0.6 is 0 Å². The Morgan fingerprint density at radius 1 is 1.19 bits per heavy atom. The van der Waals surface area contributed by atoms with Crippen LogP contribution in [-0.2, 0) is 0 Å². The molecule has 1 heterocycles. The third kappa shape index (κ3) is 3.64. The predicted molar refractivity (Wildman–Crippen MR) is 84.7 cm³/mol. The first kappa shape index (κ1) is 15.0. The highest BCUT2D eigenvalue weighted by Crippen LogP contribution is 2.32. The molecule has 1 aromatic carbocycles. The quantitative estimate of drug-likeness (QED) is 0.881. The number of nitrogens with one attached hydrogen (secondary N) is 2. The summed E-state index contributed by atoms with van der Waals surface area (Å²) < 4.78 is 13.4. The van der Waals surface area contributed by atoms with Gasteiger partial charge in [0.05, 0.1) is 0 Å². The Morgan fingerprint density at radius 2 is 2.05 bits per heavy atom. The fourth-order valence-corrected chi connectivity index (χ4v) is 4.12. The van der Waals surface area contributed by atoms with Gasteiger partial charge in [-0.15, -0.1) is 0 Å². The van der Waals surface area contributed by atoms with E-state index in [0.29, 0.717) is 12.1 Å². The average Bonchev–Trinajstić information content (AvgIpc) is 3.02. The smallest absolute Gasteiger partial charge is 0.123 e. The molecular formula is C18H27FN2. The largest absolute Gasteiger partial charge is 0.314 e. The number of rotatable bonds is 4. The molecule has 116 valence electrons. The SMILES string of the molecule is C[C@@H](NC1CCCCC1C1CCCN1)c1cccc(F)c1. The van der Waals surface area contributed by atoms with Crippen LogP contribution in [0.2, 0.25) is 0 Å². The molecule has 1 aliphatic carbocycles. The van der Waals surface area contributed by atoms with Crippen LogP contribution in [0, 0.1) is 11.7 Å². The minimum Gasteiger partial charge on any atom is -0.314 e. The summed E-state index contributed by atoms with van der Waals surface area (Å²) in [5, 5.41) is 7.46. The Hall–Kier alpha value is -0.930. The maximum absolute atomic E-state index is 13.4. The molecule has 0 spiro atoms. The van der Waals surface area contributed by atoms with E-state index in [0.717, 1.165) is 11.5 Å². The number of hydrogen-bond acceptors (Lipinski definition) is 2. The molecule has 0 radical (unpaired) electrons. The van der Waals surface area contributed by atoms with Gasteiger partial charge in [0.15, 0.2) is 0 Å². The molecule has 1 aromatic rings. The molecular weight excluding hydrogens is 263 g/mol. The van der Waals surface area contributed by atoms with Gasteiger partial charge >= 0.3 is 0 Å². The summed E-state index contributed by atoms with van der Waals surface area (Å²) in [4.78, 5) is 0. The molecule has 1 saturated carbocycles. The van der Waals surface area contributed by atoms with E-state index in [1.165, 1.54) is 51.1 Å². The topological polar surface area (TPSA) is 24.1 Å². The second-order valence-corrected chi connectivity index (χ2v) is 6.70. The van der Waals surface area contributed by atoms with E-state index in [2.05, 4.69) is 17.6 Å². The van der Waals surface area contributed by atoms with Gasteiger partial charge in [0.1, 0.15) is 5.82 Å². The number of halogens is 1. The molecule has 3 unspecified atom stereocenters. The van der Waals surface area contributed by atoms with E-state index in [-0.39, 0.29) is 11.9 Å². The first-order valence-electron chi connectivity index (χ1n) is 8.49. The van der Waals surface area contributed by atoms with Crippen LogP contribution in [0.5, 0.6) is 0 Å². The molecule has 3 heteroatoms. The molecule has 0 amide bonds. The summed E-state index contributed by atoms with van der Waals surface area (Å²) in [7, 11) is 0. The van der Waals surface area contributed by atoms with Crippen molar-refractivity contribution in [3.8, 4) is 0 Å². The van der Waals surface area contributed by atoms with Gasteiger partial charge in [0.2, 0.25) is 0 Å². The Bertz CT molecular complexity index is 456. The molecule has 0 aromatic heterocycles. The molecule has 1 saturated heterocycles. The molecule has 21 heavy (non-hydrogen) atoms. The van der Waals surface area contributed by atoms with Crippen molar-refractivity contribution in [3.05, 3.63) is 35.6 Å². The lowest BCUT2D eigenvalue weighted by atomic mass is 9.79. The van der Waals surface area contributed by atoms with Crippen LogP contribution in [-0.4, -0.2) is 18.6 Å². The third-order valence-corrected chi connectivity index (χ3v) is 5.25. The summed E-state index contributed by atoms with van der Waals surface area (Å²) in [6.45, 7) is 3.33. The van der Waals surface area contributed by atoms with E-state index < -0.39 is 0 Å². The monoisotopic (exact) mass is 290 g/mol. The standard InChI is InChI=1S/C18H27FN2/c1-13(14-6-4-7-15(19)12-14)21-18-9-3-2-8-16(18)17-10-5-11-20-17/h4,6-7,12-13,16-18,20-21H,2-3,5,8-11H2,1H3/t13-,16?,17?,18?/m1/s1. The molecule has 0 bridgehead atoms. The van der Waals surface area contributed by atoms with Crippen molar-refractivity contribution in [3.63, 3.8) is 0 Å². The van der Waals surface area contributed by atoms with Gasteiger partial charge in [-0.2, -0.15) is 0 Å². The van der Waals surface area contributed by atoms with Crippen molar-refractivity contribution < 1.29 is 4.39 Å². The minimum absolute atomic E-state index is 0.140. The third-order valence-electron chi connectivity index (χ3n) is 5.25. The molecule has 2 aliphatic rings. The number of benzene rings is 1. The highest BCUT2D eigenvalue weighted by atomic mass is 19.1.